The maximum Gasteiger partial charge on any atom is 0.363 e. The van der Waals surface area contributed by atoms with E-state index in [0.29, 0.717) is 71.5 Å². The second kappa shape index (κ2) is 14.2. The van der Waals surface area contributed by atoms with E-state index >= 15 is 0 Å². The van der Waals surface area contributed by atoms with E-state index in [1.54, 1.807) is 44.0 Å². The summed E-state index contributed by atoms with van der Waals surface area (Å²) in [5, 5.41) is 4.81. The Kier molecular flexibility index (Phi) is 10.6. The van der Waals surface area contributed by atoms with Gasteiger partial charge < -0.3 is 19.2 Å². The van der Waals surface area contributed by atoms with Gasteiger partial charge in [0, 0.05) is 25.0 Å². The van der Waals surface area contributed by atoms with E-state index in [2.05, 4.69) is 16.9 Å². The molecule has 0 saturated heterocycles. The number of likely N-dealkylation sites (N-methyl/N-ethyl adjacent to an activating group) is 1. The first-order valence-corrected chi connectivity index (χ1v) is 15.7. The Morgan fingerprint density at radius 3 is 2.42 bits per heavy atom. The van der Waals surface area contributed by atoms with Crippen LogP contribution in [0.1, 0.15) is 56.6 Å². The number of aromatic amines is 1. The SMILES string of the molecule is CCCCCCc1nc(C)c2c(=O)[nH]c(-c3cc([N+](C)(CCc4ccc(OC)c(OC)c4)S(=O)O)ccc3OCC)nn12. The number of fused-ring (bicyclic) bond motifs is 1. The first-order valence-electron chi connectivity index (χ1n) is 14.6. The fourth-order valence-corrected chi connectivity index (χ4v) is 5.72. The molecule has 2 heterocycles. The number of ether oxygens (including phenoxy) is 3. The quantitative estimate of drug-likeness (QED) is 0.106. The summed E-state index contributed by atoms with van der Waals surface area (Å²) in [7, 11) is 4.84. The summed E-state index contributed by atoms with van der Waals surface area (Å²) in [4.78, 5) is 20.9. The van der Waals surface area contributed by atoms with E-state index < -0.39 is 11.3 Å². The highest BCUT2D eigenvalue weighted by Crippen LogP contribution is 2.35. The van der Waals surface area contributed by atoms with Crippen LogP contribution in [0.5, 0.6) is 17.2 Å². The second-order valence-corrected chi connectivity index (χ2v) is 11.9. The summed E-state index contributed by atoms with van der Waals surface area (Å²) < 4.78 is 41.4. The largest absolute Gasteiger partial charge is 0.493 e. The third-order valence-electron chi connectivity index (χ3n) is 7.68. The van der Waals surface area contributed by atoms with Gasteiger partial charge in [-0.1, -0.05) is 32.3 Å². The van der Waals surface area contributed by atoms with Gasteiger partial charge in [-0.05, 0) is 44.0 Å². The van der Waals surface area contributed by atoms with Gasteiger partial charge in [0.2, 0.25) is 0 Å². The number of aromatic nitrogens is 4. The highest BCUT2D eigenvalue weighted by Gasteiger charge is 2.34. The monoisotopic (exact) mass is 612 g/mol. The van der Waals surface area contributed by atoms with E-state index in [0.717, 1.165) is 37.1 Å². The molecule has 4 aromatic rings. The lowest BCUT2D eigenvalue weighted by atomic mass is 10.1. The van der Waals surface area contributed by atoms with Gasteiger partial charge in [-0.3, -0.25) is 9.35 Å². The molecule has 0 radical (unpaired) electrons. The van der Waals surface area contributed by atoms with Crippen LogP contribution in [0.4, 0.5) is 5.69 Å². The molecule has 0 saturated carbocycles. The Hall–Kier alpha value is -3.74. The Morgan fingerprint density at radius 2 is 1.74 bits per heavy atom. The molecule has 2 N–H and O–H groups in total. The number of H-pyrrole nitrogens is 1. The van der Waals surface area contributed by atoms with Crippen LogP contribution in [-0.4, -0.2) is 62.8 Å². The lowest BCUT2D eigenvalue weighted by molar-refractivity contribution is 0.341. The Balaban J connectivity index is 1.75. The highest BCUT2D eigenvalue weighted by molar-refractivity contribution is 7.78. The number of nitrogens with zero attached hydrogens (tertiary/aromatic N) is 4. The van der Waals surface area contributed by atoms with Gasteiger partial charge in [0.1, 0.15) is 23.8 Å². The predicted molar refractivity (Wildman–Crippen MR) is 169 cm³/mol. The minimum Gasteiger partial charge on any atom is -0.493 e. The normalized spacial score (nSPS) is 13.6. The van der Waals surface area contributed by atoms with E-state index in [1.165, 1.54) is 0 Å². The van der Waals surface area contributed by atoms with Crippen molar-refractivity contribution in [2.75, 3.05) is 34.4 Å². The predicted octanol–water partition coefficient (Wildman–Crippen LogP) is 5.25. The van der Waals surface area contributed by atoms with Crippen molar-refractivity contribution in [3.63, 3.8) is 0 Å². The number of imidazole rings is 1. The molecule has 2 unspecified atom stereocenters. The molecule has 2 atom stereocenters. The molecule has 43 heavy (non-hydrogen) atoms. The van der Waals surface area contributed by atoms with Crippen molar-refractivity contribution in [2.24, 2.45) is 0 Å². The summed E-state index contributed by atoms with van der Waals surface area (Å²) in [6.45, 7) is 6.54. The number of hydrogen-bond donors (Lipinski definition) is 2. The highest BCUT2D eigenvalue weighted by atomic mass is 32.2. The van der Waals surface area contributed by atoms with E-state index in [1.807, 2.05) is 32.0 Å². The number of aryl methyl sites for hydroxylation is 2. The Labute approximate surface area is 254 Å². The number of benzene rings is 2. The molecular weight excluding hydrogens is 570 g/mol. The molecule has 0 aliphatic carbocycles. The fourth-order valence-electron chi connectivity index (χ4n) is 5.18. The fraction of sp³-hybridized carbons (Fsp3) is 0.452. The number of rotatable bonds is 15. The van der Waals surface area contributed by atoms with Gasteiger partial charge in [0.15, 0.2) is 22.8 Å². The first kappa shape index (κ1) is 32.2. The van der Waals surface area contributed by atoms with Gasteiger partial charge >= 0.3 is 11.3 Å². The van der Waals surface area contributed by atoms with Crippen molar-refractivity contribution >= 4 is 22.5 Å². The van der Waals surface area contributed by atoms with Crippen molar-refractivity contribution in [1.29, 1.82) is 0 Å². The average Bonchev–Trinajstić information content (AvgIpc) is 3.33. The van der Waals surface area contributed by atoms with Gasteiger partial charge in [-0.2, -0.15) is 8.10 Å². The topological polar surface area (TPSA) is 128 Å². The molecule has 2 aromatic heterocycles. The van der Waals surface area contributed by atoms with Crippen molar-refractivity contribution in [1.82, 2.24) is 23.5 Å². The van der Waals surface area contributed by atoms with E-state index in [9.17, 15) is 13.6 Å². The van der Waals surface area contributed by atoms with Crippen molar-refractivity contribution < 1.29 is 23.0 Å². The summed E-state index contributed by atoms with van der Waals surface area (Å²) in [5.41, 5.74) is 2.73. The lowest BCUT2D eigenvalue weighted by Gasteiger charge is -2.29. The summed E-state index contributed by atoms with van der Waals surface area (Å²) >= 11 is -2.28. The number of unbranched alkanes of at least 4 members (excludes halogenated alkanes) is 3. The summed E-state index contributed by atoms with van der Waals surface area (Å²) in [5.74, 6) is 2.74. The number of hydrogen-bond acceptors (Lipinski definition) is 7. The van der Waals surface area contributed by atoms with Crippen LogP contribution >= 0.6 is 0 Å². The molecule has 12 heteroatoms. The van der Waals surface area contributed by atoms with Crippen LogP contribution in [0.25, 0.3) is 16.9 Å². The van der Waals surface area contributed by atoms with Crippen molar-refractivity contribution in [3.05, 3.63) is 63.8 Å². The van der Waals surface area contributed by atoms with Gasteiger partial charge in [0.05, 0.1) is 39.1 Å². The molecule has 0 spiro atoms. The van der Waals surface area contributed by atoms with Crippen LogP contribution in [0, 0.1) is 6.92 Å². The standard InChI is InChI=1S/C31H41N5O6S/c1-7-9-10-11-12-28-32-21(3)29-31(37)33-30(34-35(28)29)24-20-23(14-16-25(24)42-8-2)36(4,43(38)39)18-17-22-13-15-26(40-5)27(19-22)41-6/h13-16,19-20H,7-12,17-18H2,1-6H3,(H-,33,34,37,38,39)/p+1. The zero-order chi connectivity index (χ0) is 31.1. The third-order valence-corrected chi connectivity index (χ3v) is 8.76. The maximum atomic E-state index is 13.3. The molecule has 0 aliphatic heterocycles. The molecule has 2 aromatic carbocycles. The van der Waals surface area contributed by atoms with Crippen molar-refractivity contribution in [2.45, 2.75) is 59.3 Å². The first-order chi connectivity index (χ1) is 20.7. The zero-order valence-electron chi connectivity index (χ0n) is 25.8. The van der Waals surface area contributed by atoms with Crippen LogP contribution < -0.4 is 23.7 Å². The molecule has 0 fully saturated rings. The summed E-state index contributed by atoms with van der Waals surface area (Å²) in [6.07, 6.45) is 5.50. The second-order valence-electron chi connectivity index (χ2n) is 10.6. The van der Waals surface area contributed by atoms with E-state index in [4.69, 9.17) is 19.3 Å². The lowest BCUT2D eigenvalue weighted by Crippen LogP contribution is -2.48. The molecule has 0 aliphatic rings. The molecule has 0 bridgehead atoms. The van der Waals surface area contributed by atoms with Crippen LogP contribution in [0.15, 0.2) is 41.2 Å². The molecule has 232 valence electrons. The molecule has 11 nitrogen and oxygen atoms in total. The molecule has 4 rings (SSSR count). The minimum absolute atomic E-state index is 0.296. The minimum atomic E-state index is -2.28. The smallest absolute Gasteiger partial charge is 0.363 e. The Bertz CT molecular complexity index is 1650. The maximum absolute atomic E-state index is 13.3. The van der Waals surface area contributed by atoms with Gasteiger partial charge in [-0.25, -0.2) is 9.50 Å². The third kappa shape index (κ3) is 6.92. The van der Waals surface area contributed by atoms with Crippen LogP contribution in [0.3, 0.4) is 0 Å². The molecular formula is C31H42N5O6S+. The summed E-state index contributed by atoms with van der Waals surface area (Å²) in [6, 6.07) is 10.9. The van der Waals surface area contributed by atoms with Gasteiger partial charge in [-0.15, -0.1) is 5.10 Å². The Morgan fingerprint density at radius 1 is 1.00 bits per heavy atom. The number of methoxy groups -OCH3 is 2. The average molecular weight is 613 g/mol. The van der Waals surface area contributed by atoms with Crippen molar-refractivity contribution in [3.8, 4) is 28.6 Å². The number of quaternary nitrogens is 1. The van der Waals surface area contributed by atoms with Gasteiger partial charge in [0.25, 0.3) is 5.56 Å². The molecule has 0 amide bonds. The van der Waals surface area contributed by atoms with Crippen LogP contribution in [0.2, 0.25) is 0 Å². The van der Waals surface area contributed by atoms with E-state index in [-0.39, 0.29) is 9.45 Å². The zero-order valence-corrected chi connectivity index (χ0v) is 26.6. The van der Waals surface area contributed by atoms with Crippen LogP contribution in [-0.2, 0) is 24.1 Å². The number of nitrogens with one attached hydrogen (secondary N) is 1.